The zero-order valence-corrected chi connectivity index (χ0v) is 9.32. The molecule has 15 heavy (non-hydrogen) atoms. The number of halogens is 4. The summed E-state index contributed by atoms with van der Waals surface area (Å²) in [7, 11) is 0. The Morgan fingerprint density at radius 1 is 1.40 bits per heavy atom. The van der Waals surface area contributed by atoms with E-state index in [1.165, 1.54) is 18.2 Å². The quantitative estimate of drug-likeness (QED) is 0.885. The highest BCUT2D eigenvalue weighted by Gasteiger charge is 2.71. The van der Waals surface area contributed by atoms with Gasteiger partial charge in [-0.05, 0) is 22.0 Å². The third kappa shape index (κ3) is 1.40. The number of nitrogens with two attached hydrogens (primary N) is 1. The lowest BCUT2D eigenvalue weighted by atomic mass is 9.95. The number of hydrogen-bond acceptors (Lipinski definition) is 1. The molecule has 0 aromatic heterocycles. The Morgan fingerprint density at radius 2 is 2.00 bits per heavy atom. The lowest BCUT2D eigenvalue weighted by Crippen LogP contribution is -2.27. The zero-order chi connectivity index (χ0) is 11.3. The Kier molecular flexibility index (Phi) is 2.35. The van der Waals surface area contributed by atoms with Crippen LogP contribution in [0, 0.1) is 5.82 Å². The standard InChI is InChI=1S/C10H9BrF3N/c11-7-3-1-2-6(8(7)12)9(5-15)4-10(9,13)14/h1-3H,4-5,15H2. The molecule has 1 fully saturated rings. The van der Waals surface area contributed by atoms with Crippen LogP contribution in [0.5, 0.6) is 0 Å². The normalized spacial score (nSPS) is 27.8. The number of hydrogen-bond donors (Lipinski definition) is 1. The van der Waals surface area contributed by atoms with E-state index in [1.807, 2.05) is 0 Å². The van der Waals surface area contributed by atoms with Crippen molar-refractivity contribution in [1.29, 1.82) is 0 Å². The minimum atomic E-state index is -2.89. The minimum absolute atomic E-state index is 0.00405. The fourth-order valence-corrected chi connectivity index (χ4v) is 2.20. The van der Waals surface area contributed by atoms with Crippen LogP contribution in [0.1, 0.15) is 12.0 Å². The van der Waals surface area contributed by atoms with E-state index < -0.39 is 17.2 Å². The largest absolute Gasteiger partial charge is 0.329 e. The molecule has 1 nitrogen and oxygen atoms in total. The molecule has 0 saturated heterocycles. The van der Waals surface area contributed by atoms with Gasteiger partial charge >= 0.3 is 0 Å². The molecular formula is C10H9BrF3N. The van der Waals surface area contributed by atoms with Gasteiger partial charge < -0.3 is 5.73 Å². The van der Waals surface area contributed by atoms with Gasteiger partial charge in [0.25, 0.3) is 5.92 Å². The van der Waals surface area contributed by atoms with Crippen LogP contribution in [-0.4, -0.2) is 12.5 Å². The fraction of sp³-hybridized carbons (Fsp3) is 0.400. The molecule has 1 aromatic rings. The lowest BCUT2D eigenvalue weighted by Gasteiger charge is -2.15. The highest BCUT2D eigenvalue weighted by Crippen LogP contribution is 2.61. The Morgan fingerprint density at radius 3 is 2.47 bits per heavy atom. The molecule has 1 unspecified atom stereocenters. The van der Waals surface area contributed by atoms with Crippen LogP contribution >= 0.6 is 15.9 Å². The van der Waals surface area contributed by atoms with Crippen LogP contribution in [-0.2, 0) is 5.41 Å². The predicted molar refractivity (Wildman–Crippen MR) is 54.4 cm³/mol. The molecule has 82 valence electrons. The van der Waals surface area contributed by atoms with Crippen molar-refractivity contribution < 1.29 is 13.2 Å². The summed E-state index contributed by atoms with van der Waals surface area (Å²) in [6.07, 6.45) is -0.371. The third-order valence-corrected chi connectivity index (χ3v) is 3.53. The van der Waals surface area contributed by atoms with Crippen molar-refractivity contribution in [3.63, 3.8) is 0 Å². The summed E-state index contributed by atoms with van der Waals surface area (Å²) < 4.78 is 40.2. The van der Waals surface area contributed by atoms with Crippen LogP contribution in [0.15, 0.2) is 22.7 Å². The van der Waals surface area contributed by atoms with Gasteiger partial charge in [0.1, 0.15) is 5.82 Å². The summed E-state index contributed by atoms with van der Waals surface area (Å²) in [6.45, 7) is -0.243. The second kappa shape index (κ2) is 3.22. The monoisotopic (exact) mass is 279 g/mol. The molecule has 1 aliphatic carbocycles. The first-order chi connectivity index (χ1) is 6.94. The number of rotatable bonds is 2. The highest BCUT2D eigenvalue weighted by atomic mass is 79.9. The van der Waals surface area contributed by atoms with Crippen molar-refractivity contribution in [2.45, 2.75) is 17.8 Å². The molecule has 0 heterocycles. The van der Waals surface area contributed by atoms with Gasteiger partial charge in [-0.2, -0.15) is 0 Å². The van der Waals surface area contributed by atoms with Crippen LogP contribution in [0.2, 0.25) is 0 Å². The van der Waals surface area contributed by atoms with Crippen LogP contribution < -0.4 is 5.73 Å². The molecule has 1 atom stereocenters. The zero-order valence-electron chi connectivity index (χ0n) is 7.74. The molecule has 0 spiro atoms. The van der Waals surface area contributed by atoms with Gasteiger partial charge in [-0.25, -0.2) is 13.2 Å². The maximum absolute atomic E-state index is 13.6. The Hall–Kier alpha value is -0.550. The molecule has 0 aliphatic heterocycles. The Labute approximate surface area is 93.6 Å². The first kappa shape index (κ1) is 11.0. The summed E-state index contributed by atoms with van der Waals surface area (Å²) in [5.74, 6) is -3.52. The predicted octanol–water partition coefficient (Wildman–Crippen LogP) is 2.82. The third-order valence-electron chi connectivity index (χ3n) is 2.91. The summed E-state index contributed by atoms with van der Waals surface area (Å²) in [5, 5.41) is 0. The average molecular weight is 280 g/mol. The molecule has 0 amide bonds. The molecule has 0 bridgehead atoms. The van der Waals surface area contributed by atoms with E-state index in [9.17, 15) is 13.2 Å². The van der Waals surface area contributed by atoms with Crippen LogP contribution in [0.25, 0.3) is 0 Å². The topological polar surface area (TPSA) is 26.0 Å². The summed E-state index contributed by atoms with van der Waals surface area (Å²) in [6, 6.07) is 4.38. The van der Waals surface area contributed by atoms with Gasteiger partial charge in [0.05, 0.1) is 9.89 Å². The van der Waals surface area contributed by atoms with E-state index in [4.69, 9.17) is 5.73 Å². The fourth-order valence-electron chi connectivity index (χ4n) is 1.83. The molecule has 2 N–H and O–H groups in total. The average Bonchev–Trinajstić information content (AvgIpc) is 2.74. The second-order valence-electron chi connectivity index (χ2n) is 3.77. The van der Waals surface area contributed by atoms with Crippen molar-refractivity contribution >= 4 is 15.9 Å². The molecular weight excluding hydrogens is 271 g/mol. The maximum atomic E-state index is 13.6. The first-order valence-electron chi connectivity index (χ1n) is 4.47. The molecule has 1 saturated carbocycles. The summed E-state index contributed by atoms with van der Waals surface area (Å²) in [4.78, 5) is 0. The molecule has 5 heteroatoms. The molecule has 2 rings (SSSR count). The maximum Gasteiger partial charge on any atom is 0.260 e. The summed E-state index contributed by atoms with van der Waals surface area (Å²) in [5.41, 5.74) is 3.84. The molecule has 1 aromatic carbocycles. The van der Waals surface area contributed by atoms with Crippen molar-refractivity contribution in [3.8, 4) is 0 Å². The van der Waals surface area contributed by atoms with Crippen molar-refractivity contribution in [2.24, 2.45) is 5.73 Å². The Bertz CT molecular complexity index is 408. The summed E-state index contributed by atoms with van der Waals surface area (Å²) >= 11 is 2.97. The van der Waals surface area contributed by atoms with E-state index in [1.54, 1.807) is 0 Å². The van der Waals surface area contributed by atoms with Crippen molar-refractivity contribution in [3.05, 3.63) is 34.1 Å². The van der Waals surface area contributed by atoms with Gasteiger partial charge in [-0.15, -0.1) is 0 Å². The first-order valence-corrected chi connectivity index (χ1v) is 5.26. The van der Waals surface area contributed by atoms with Crippen molar-refractivity contribution in [1.82, 2.24) is 0 Å². The molecule has 0 radical (unpaired) electrons. The van der Waals surface area contributed by atoms with E-state index in [0.29, 0.717) is 0 Å². The van der Waals surface area contributed by atoms with Gasteiger partial charge in [0.15, 0.2) is 0 Å². The SMILES string of the molecule is NCC1(c2cccc(Br)c2F)CC1(F)F. The van der Waals surface area contributed by atoms with Gasteiger partial charge in [0, 0.05) is 18.5 Å². The number of benzene rings is 1. The van der Waals surface area contributed by atoms with Gasteiger partial charge in [-0.3, -0.25) is 0 Å². The van der Waals surface area contributed by atoms with E-state index >= 15 is 0 Å². The van der Waals surface area contributed by atoms with Gasteiger partial charge in [-0.1, -0.05) is 12.1 Å². The van der Waals surface area contributed by atoms with E-state index in [2.05, 4.69) is 15.9 Å². The van der Waals surface area contributed by atoms with E-state index in [0.717, 1.165) is 0 Å². The van der Waals surface area contributed by atoms with Crippen molar-refractivity contribution in [2.75, 3.05) is 6.54 Å². The van der Waals surface area contributed by atoms with E-state index in [-0.39, 0.29) is 23.0 Å². The minimum Gasteiger partial charge on any atom is -0.329 e. The smallest absolute Gasteiger partial charge is 0.260 e. The van der Waals surface area contributed by atoms with Crippen LogP contribution in [0.3, 0.4) is 0 Å². The van der Waals surface area contributed by atoms with Gasteiger partial charge in [0.2, 0.25) is 0 Å². The van der Waals surface area contributed by atoms with Crippen LogP contribution in [0.4, 0.5) is 13.2 Å². The molecule has 1 aliphatic rings. The highest BCUT2D eigenvalue weighted by molar-refractivity contribution is 9.10. The lowest BCUT2D eigenvalue weighted by molar-refractivity contribution is 0.0886. The Balaban J connectivity index is 2.51. The second-order valence-corrected chi connectivity index (χ2v) is 4.62. The number of alkyl halides is 2.